The Morgan fingerprint density at radius 1 is 1.50 bits per heavy atom. The van der Waals surface area contributed by atoms with E-state index < -0.39 is 11.9 Å². The van der Waals surface area contributed by atoms with E-state index in [-0.39, 0.29) is 11.7 Å². The van der Waals surface area contributed by atoms with Crippen LogP contribution in [0, 0.1) is 5.82 Å². The fraction of sp³-hybridized carbons (Fsp3) is 0.533. The lowest BCUT2D eigenvalue weighted by molar-refractivity contribution is -0.132. The Hall–Kier alpha value is -1.62. The molecule has 0 fully saturated rings. The summed E-state index contributed by atoms with van der Waals surface area (Å²) in [7, 11) is 3.09. The van der Waals surface area contributed by atoms with E-state index in [1.807, 2.05) is 0 Å². The van der Waals surface area contributed by atoms with Gasteiger partial charge in [-0.2, -0.15) is 0 Å². The van der Waals surface area contributed by atoms with Crippen molar-refractivity contribution < 1.29 is 13.9 Å². The van der Waals surface area contributed by atoms with E-state index in [1.54, 1.807) is 19.2 Å². The first-order valence-electron chi connectivity index (χ1n) is 6.82. The zero-order chi connectivity index (χ0) is 15.1. The fourth-order valence-corrected chi connectivity index (χ4v) is 1.99. The number of benzene rings is 1. The zero-order valence-corrected chi connectivity index (χ0v) is 12.4. The van der Waals surface area contributed by atoms with Crippen molar-refractivity contribution in [2.75, 3.05) is 14.2 Å². The van der Waals surface area contributed by atoms with Crippen LogP contribution in [0.25, 0.3) is 0 Å². The number of methoxy groups -OCH3 is 1. The highest BCUT2D eigenvalue weighted by atomic mass is 19.1. The van der Waals surface area contributed by atoms with Crippen molar-refractivity contribution >= 4 is 5.91 Å². The third-order valence-electron chi connectivity index (χ3n) is 3.20. The highest BCUT2D eigenvalue weighted by Gasteiger charge is 2.18. The Morgan fingerprint density at radius 2 is 2.20 bits per heavy atom. The first-order chi connectivity index (χ1) is 9.49. The van der Waals surface area contributed by atoms with Crippen LogP contribution in [0.5, 0.6) is 5.75 Å². The van der Waals surface area contributed by atoms with Gasteiger partial charge in [0.05, 0.1) is 13.2 Å². The van der Waals surface area contributed by atoms with Crippen molar-refractivity contribution in [3.05, 3.63) is 29.6 Å². The lowest BCUT2D eigenvalue weighted by Crippen LogP contribution is -2.41. The van der Waals surface area contributed by atoms with Crippen LogP contribution in [0.15, 0.2) is 18.2 Å². The molecule has 0 aliphatic rings. The van der Waals surface area contributed by atoms with Crippen LogP contribution in [-0.4, -0.2) is 31.0 Å². The number of ether oxygens (including phenoxy) is 1. The second-order valence-corrected chi connectivity index (χ2v) is 4.91. The predicted molar refractivity (Wildman–Crippen MR) is 76.9 cm³/mol. The number of hydrogen-bond acceptors (Lipinski definition) is 3. The van der Waals surface area contributed by atoms with Gasteiger partial charge in [0.15, 0.2) is 11.6 Å². The van der Waals surface area contributed by atoms with Gasteiger partial charge in [0.1, 0.15) is 0 Å². The molecule has 1 aromatic carbocycles. The largest absolute Gasteiger partial charge is 0.494 e. The summed E-state index contributed by atoms with van der Waals surface area (Å²) >= 11 is 0. The minimum Gasteiger partial charge on any atom is -0.494 e. The van der Waals surface area contributed by atoms with E-state index in [1.165, 1.54) is 18.1 Å². The molecule has 0 aliphatic heterocycles. The average Bonchev–Trinajstić information content (AvgIpc) is 2.44. The summed E-state index contributed by atoms with van der Waals surface area (Å²) in [6.07, 6.45) is 2.61. The standard InChI is InChI=1S/C15H23FN2O2/c1-4-5-6-13(17)15(19)18(2)10-11-7-8-14(20-3)12(16)9-11/h7-9,13H,4-6,10,17H2,1-3H3. The SMILES string of the molecule is CCCCC(N)C(=O)N(C)Cc1ccc(OC)c(F)c1. The molecular formula is C15H23FN2O2. The number of halogens is 1. The number of likely N-dealkylation sites (N-methyl/N-ethyl adjacent to an activating group) is 1. The molecule has 0 saturated carbocycles. The monoisotopic (exact) mass is 282 g/mol. The molecule has 0 saturated heterocycles. The molecule has 4 nitrogen and oxygen atoms in total. The quantitative estimate of drug-likeness (QED) is 0.835. The molecule has 1 unspecified atom stereocenters. The zero-order valence-electron chi connectivity index (χ0n) is 12.4. The van der Waals surface area contributed by atoms with Crippen LogP contribution in [0.1, 0.15) is 31.7 Å². The summed E-state index contributed by atoms with van der Waals surface area (Å²) in [5.41, 5.74) is 6.56. The van der Waals surface area contributed by atoms with Crippen LogP contribution < -0.4 is 10.5 Å². The maximum Gasteiger partial charge on any atom is 0.239 e. The third-order valence-corrected chi connectivity index (χ3v) is 3.20. The normalized spacial score (nSPS) is 12.1. The Balaban J connectivity index is 2.63. The first kappa shape index (κ1) is 16.4. The molecule has 0 aromatic heterocycles. The van der Waals surface area contributed by atoms with Gasteiger partial charge in [-0.1, -0.05) is 25.8 Å². The first-order valence-corrected chi connectivity index (χ1v) is 6.82. The van der Waals surface area contributed by atoms with Gasteiger partial charge in [0.2, 0.25) is 5.91 Å². The highest BCUT2D eigenvalue weighted by Crippen LogP contribution is 2.18. The summed E-state index contributed by atoms with van der Waals surface area (Å²) < 4.78 is 18.4. The Bertz CT molecular complexity index is 451. The van der Waals surface area contributed by atoms with Gasteiger partial charge >= 0.3 is 0 Å². The van der Waals surface area contributed by atoms with E-state index in [4.69, 9.17) is 10.5 Å². The second kappa shape index (κ2) is 7.85. The molecule has 0 aliphatic carbocycles. The highest BCUT2D eigenvalue weighted by molar-refractivity contribution is 5.81. The van der Waals surface area contributed by atoms with Crippen molar-refractivity contribution in [3.63, 3.8) is 0 Å². The van der Waals surface area contributed by atoms with Crippen LogP contribution in [0.4, 0.5) is 4.39 Å². The van der Waals surface area contributed by atoms with Gasteiger partial charge < -0.3 is 15.4 Å². The summed E-state index contributed by atoms with van der Waals surface area (Å²) in [5, 5.41) is 0. The van der Waals surface area contributed by atoms with E-state index >= 15 is 0 Å². The summed E-state index contributed by atoms with van der Waals surface area (Å²) in [6.45, 7) is 2.39. The lowest BCUT2D eigenvalue weighted by Gasteiger charge is -2.21. The number of unbranched alkanes of at least 4 members (excludes halogenated alkanes) is 1. The minimum absolute atomic E-state index is 0.116. The second-order valence-electron chi connectivity index (χ2n) is 4.91. The van der Waals surface area contributed by atoms with Gasteiger partial charge in [0.25, 0.3) is 0 Å². The van der Waals surface area contributed by atoms with Crippen LogP contribution in [0.3, 0.4) is 0 Å². The van der Waals surface area contributed by atoms with Crippen molar-refractivity contribution in [1.29, 1.82) is 0 Å². The molecule has 20 heavy (non-hydrogen) atoms. The van der Waals surface area contributed by atoms with E-state index in [0.717, 1.165) is 12.8 Å². The number of amides is 1. The van der Waals surface area contributed by atoms with Gasteiger partial charge in [-0.3, -0.25) is 4.79 Å². The number of carbonyl (C=O) groups excluding carboxylic acids is 1. The number of nitrogens with two attached hydrogens (primary N) is 1. The molecule has 5 heteroatoms. The predicted octanol–water partition coefficient (Wildman–Crippen LogP) is 2.31. The van der Waals surface area contributed by atoms with Gasteiger partial charge in [-0.05, 0) is 24.1 Å². The van der Waals surface area contributed by atoms with Gasteiger partial charge in [-0.25, -0.2) is 4.39 Å². The summed E-state index contributed by atoms with van der Waals surface area (Å²) in [4.78, 5) is 13.6. The number of carbonyl (C=O) groups is 1. The minimum atomic E-state index is -0.483. The molecule has 112 valence electrons. The molecule has 1 amide bonds. The Labute approximate surface area is 119 Å². The molecule has 1 rings (SSSR count). The molecule has 0 bridgehead atoms. The maximum atomic E-state index is 13.6. The molecule has 1 atom stereocenters. The van der Waals surface area contributed by atoms with Crippen molar-refractivity contribution in [2.45, 2.75) is 38.8 Å². The third kappa shape index (κ3) is 4.49. The maximum absolute atomic E-state index is 13.6. The Kier molecular flexibility index (Phi) is 6.45. The van der Waals surface area contributed by atoms with Crippen molar-refractivity contribution in [3.8, 4) is 5.75 Å². The molecular weight excluding hydrogens is 259 g/mol. The molecule has 1 aromatic rings. The molecule has 0 spiro atoms. The molecule has 0 radical (unpaired) electrons. The van der Waals surface area contributed by atoms with E-state index in [2.05, 4.69) is 6.92 Å². The number of hydrogen-bond donors (Lipinski definition) is 1. The van der Waals surface area contributed by atoms with Gasteiger partial charge in [0, 0.05) is 13.6 Å². The Morgan fingerprint density at radius 3 is 2.75 bits per heavy atom. The number of rotatable bonds is 7. The van der Waals surface area contributed by atoms with Gasteiger partial charge in [-0.15, -0.1) is 0 Å². The average molecular weight is 282 g/mol. The van der Waals surface area contributed by atoms with Crippen molar-refractivity contribution in [1.82, 2.24) is 4.90 Å². The topological polar surface area (TPSA) is 55.6 Å². The van der Waals surface area contributed by atoms with E-state index in [0.29, 0.717) is 18.5 Å². The lowest BCUT2D eigenvalue weighted by atomic mass is 10.1. The smallest absolute Gasteiger partial charge is 0.239 e. The molecule has 0 heterocycles. The van der Waals surface area contributed by atoms with Crippen molar-refractivity contribution in [2.24, 2.45) is 5.73 Å². The van der Waals surface area contributed by atoms with Crippen LogP contribution >= 0.6 is 0 Å². The summed E-state index contributed by atoms with van der Waals surface area (Å²) in [5.74, 6) is -0.349. The van der Waals surface area contributed by atoms with Crippen LogP contribution in [0.2, 0.25) is 0 Å². The number of nitrogens with zero attached hydrogens (tertiary/aromatic N) is 1. The van der Waals surface area contributed by atoms with E-state index in [9.17, 15) is 9.18 Å². The summed E-state index contributed by atoms with van der Waals surface area (Å²) in [6, 6.07) is 4.19. The van der Waals surface area contributed by atoms with Crippen LogP contribution in [-0.2, 0) is 11.3 Å². The fourth-order valence-electron chi connectivity index (χ4n) is 1.99. The molecule has 2 N–H and O–H groups in total.